The van der Waals surface area contributed by atoms with E-state index in [0.29, 0.717) is 0 Å². The molecule has 6 heteroatoms. The van der Waals surface area contributed by atoms with Gasteiger partial charge in [-0.3, -0.25) is 9.89 Å². The Balaban J connectivity index is 1.91. The fourth-order valence-electron chi connectivity index (χ4n) is 4.09. The van der Waals surface area contributed by atoms with Crippen LogP contribution in [0.25, 0.3) is 27.7 Å². The molecule has 0 unspecified atom stereocenters. The third kappa shape index (κ3) is 3.54. The molecule has 0 aliphatic heterocycles. The number of rotatable bonds is 5. The highest BCUT2D eigenvalue weighted by molar-refractivity contribution is 5.99. The van der Waals surface area contributed by atoms with E-state index in [1.807, 2.05) is 36.0 Å². The summed E-state index contributed by atoms with van der Waals surface area (Å²) in [7, 11) is 0. The molecule has 4 rings (SSSR count). The first kappa shape index (κ1) is 20.6. The quantitative estimate of drug-likeness (QED) is 0.419. The zero-order valence-electron chi connectivity index (χ0n) is 18.6. The topological polar surface area (TPSA) is 75.6 Å². The molecule has 0 saturated carbocycles. The number of aromatic amines is 1. The van der Waals surface area contributed by atoms with Crippen molar-refractivity contribution in [2.24, 2.45) is 0 Å². The number of aryl methyl sites for hydroxylation is 2. The van der Waals surface area contributed by atoms with E-state index in [2.05, 4.69) is 61.9 Å². The third-order valence-corrected chi connectivity index (χ3v) is 5.65. The average Bonchev–Trinajstić information content (AvgIpc) is 3.33. The summed E-state index contributed by atoms with van der Waals surface area (Å²) >= 11 is 0. The minimum atomic E-state index is -0.226. The summed E-state index contributed by atoms with van der Waals surface area (Å²) in [6, 6.07) is 10.0. The number of hydrogen-bond donors (Lipinski definition) is 2. The number of nitrogens with zero attached hydrogens (tertiary/aromatic N) is 3. The van der Waals surface area contributed by atoms with Gasteiger partial charge in [0.05, 0.1) is 23.1 Å². The van der Waals surface area contributed by atoms with Gasteiger partial charge in [-0.2, -0.15) is 10.2 Å². The van der Waals surface area contributed by atoms with Crippen LogP contribution in [0.5, 0.6) is 0 Å². The second-order valence-electron chi connectivity index (χ2n) is 8.20. The van der Waals surface area contributed by atoms with E-state index in [1.54, 1.807) is 0 Å². The first-order valence-corrected chi connectivity index (χ1v) is 10.4. The normalized spacial score (nSPS) is 11.3. The predicted octanol–water partition coefficient (Wildman–Crippen LogP) is 5.59. The van der Waals surface area contributed by atoms with Gasteiger partial charge in [0.15, 0.2) is 0 Å². The van der Waals surface area contributed by atoms with Crippen molar-refractivity contribution in [2.45, 2.75) is 40.5 Å². The van der Waals surface area contributed by atoms with Crippen molar-refractivity contribution >= 4 is 22.5 Å². The fraction of sp³-hybridized carbons (Fsp3) is 0.240. The Morgan fingerprint density at radius 1 is 1.13 bits per heavy atom. The van der Waals surface area contributed by atoms with E-state index in [9.17, 15) is 4.79 Å². The van der Waals surface area contributed by atoms with Crippen LogP contribution in [0.3, 0.4) is 0 Å². The Kier molecular flexibility index (Phi) is 5.23. The molecule has 0 aliphatic rings. The molecule has 4 aromatic rings. The smallest absolute Gasteiger partial charge is 0.247 e. The van der Waals surface area contributed by atoms with Crippen molar-refractivity contribution in [3.63, 3.8) is 0 Å². The van der Waals surface area contributed by atoms with Gasteiger partial charge in [-0.05, 0) is 73.7 Å². The second kappa shape index (κ2) is 7.87. The Hall–Kier alpha value is -3.67. The van der Waals surface area contributed by atoms with Gasteiger partial charge in [0.25, 0.3) is 0 Å². The number of H-pyrrole nitrogens is 1. The first-order valence-electron chi connectivity index (χ1n) is 10.4. The van der Waals surface area contributed by atoms with Crippen molar-refractivity contribution in [3.8, 4) is 16.8 Å². The van der Waals surface area contributed by atoms with Crippen molar-refractivity contribution in [3.05, 3.63) is 71.7 Å². The van der Waals surface area contributed by atoms with E-state index in [0.717, 1.165) is 44.8 Å². The van der Waals surface area contributed by atoms with Gasteiger partial charge in [-0.25, -0.2) is 4.68 Å². The summed E-state index contributed by atoms with van der Waals surface area (Å²) in [5.74, 6) is 0.0263. The summed E-state index contributed by atoms with van der Waals surface area (Å²) in [6.07, 6.45) is 3.15. The second-order valence-corrected chi connectivity index (χ2v) is 8.20. The van der Waals surface area contributed by atoms with Crippen molar-refractivity contribution in [1.29, 1.82) is 0 Å². The number of fused-ring (bicyclic) bond motifs is 1. The van der Waals surface area contributed by atoms with Crippen molar-refractivity contribution < 1.29 is 4.79 Å². The van der Waals surface area contributed by atoms with E-state index in [1.165, 1.54) is 17.2 Å². The molecular formula is C25H27N5O. The maximum Gasteiger partial charge on any atom is 0.247 e. The Bertz CT molecular complexity index is 1310. The summed E-state index contributed by atoms with van der Waals surface area (Å²) < 4.78 is 2.01. The summed E-state index contributed by atoms with van der Waals surface area (Å²) in [6.45, 7) is 14.1. The highest BCUT2D eigenvalue weighted by atomic mass is 16.1. The lowest BCUT2D eigenvalue weighted by atomic mass is 9.92. The van der Waals surface area contributed by atoms with Crippen molar-refractivity contribution in [1.82, 2.24) is 20.0 Å². The Morgan fingerprint density at radius 3 is 2.58 bits per heavy atom. The summed E-state index contributed by atoms with van der Waals surface area (Å²) in [4.78, 5) is 11.6. The SMILES string of the molecule is C=CC(=O)Nc1ccc(-n2nc(C(C)C)c(-c3c(C)ccc4[nH]ncc34)c2C)c(C)c1. The molecule has 2 aromatic heterocycles. The zero-order chi connectivity index (χ0) is 22.3. The van der Waals surface area contributed by atoms with Gasteiger partial charge in [-0.1, -0.05) is 26.5 Å². The monoisotopic (exact) mass is 413 g/mol. The minimum Gasteiger partial charge on any atom is -0.323 e. The van der Waals surface area contributed by atoms with E-state index in [4.69, 9.17) is 5.10 Å². The molecular weight excluding hydrogens is 386 g/mol. The van der Waals surface area contributed by atoms with E-state index < -0.39 is 0 Å². The molecule has 0 saturated heterocycles. The number of hydrogen-bond acceptors (Lipinski definition) is 3. The number of aromatic nitrogens is 4. The molecule has 6 nitrogen and oxygen atoms in total. The first-order chi connectivity index (χ1) is 14.8. The highest BCUT2D eigenvalue weighted by Crippen LogP contribution is 2.39. The summed E-state index contributed by atoms with van der Waals surface area (Å²) in [5.41, 5.74) is 9.41. The number of nitrogens with one attached hydrogen (secondary N) is 2. The van der Waals surface area contributed by atoms with Gasteiger partial charge >= 0.3 is 0 Å². The van der Waals surface area contributed by atoms with Crippen LogP contribution in [0.2, 0.25) is 0 Å². The molecule has 0 radical (unpaired) electrons. The zero-order valence-corrected chi connectivity index (χ0v) is 18.6. The molecule has 0 fully saturated rings. The lowest BCUT2D eigenvalue weighted by molar-refractivity contribution is -0.111. The van der Waals surface area contributed by atoms with Crippen LogP contribution in [-0.4, -0.2) is 25.9 Å². The van der Waals surface area contributed by atoms with Gasteiger partial charge in [0.1, 0.15) is 0 Å². The van der Waals surface area contributed by atoms with Gasteiger partial charge in [-0.15, -0.1) is 0 Å². The number of benzene rings is 2. The van der Waals surface area contributed by atoms with Gasteiger partial charge in [0, 0.05) is 22.3 Å². The lowest BCUT2D eigenvalue weighted by Crippen LogP contribution is -2.08. The molecule has 31 heavy (non-hydrogen) atoms. The number of carbonyl (C=O) groups excluding carboxylic acids is 1. The molecule has 0 bridgehead atoms. The standard InChI is InChI=1S/C25H27N5O/c1-7-22(31)27-18-9-11-21(16(5)12-18)30-17(6)24(25(29-30)14(2)3)23-15(4)8-10-20-19(23)13-26-28-20/h7-14H,1H2,2-6H3,(H,26,28)(H,27,31). The maximum atomic E-state index is 11.6. The minimum absolute atomic E-state index is 0.226. The van der Waals surface area contributed by atoms with Crippen LogP contribution in [0.4, 0.5) is 5.69 Å². The van der Waals surface area contributed by atoms with Crippen molar-refractivity contribution in [2.75, 3.05) is 5.32 Å². The molecule has 2 heterocycles. The van der Waals surface area contributed by atoms with Crippen LogP contribution >= 0.6 is 0 Å². The number of carbonyl (C=O) groups is 1. The molecule has 1 amide bonds. The van der Waals surface area contributed by atoms with E-state index in [-0.39, 0.29) is 11.8 Å². The van der Waals surface area contributed by atoms with Crippen LogP contribution in [0.1, 0.15) is 42.3 Å². The Labute approximate surface area is 182 Å². The van der Waals surface area contributed by atoms with Crippen LogP contribution in [-0.2, 0) is 4.79 Å². The molecule has 0 aliphatic carbocycles. The number of amides is 1. The molecule has 2 N–H and O–H groups in total. The fourth-order valence-corrected chi connectivity index (χ4v) is 4.09. The predicted molar refractivity (Wildman–Crippen MR) is 126 cm³/mol. The largest absolute Gasteiger partial charge is 0.323 e. The maximum absolute atomic E-state index is 11.6. The highest BCUT2D eigenvalue weighted by Gasteiger charge is 2.23. The van der Waals surface area contributed by atoms with Gasteiger partial charge < -0.3 is 5.32 Å². The summed E-state index contributed by atoms with van der Waals surface area (Å²) in [5, 5.41) is 16.3. The van der Waals surface area contributed by atoms with Gasteiger partial charge in [0.2, 0.25) is 5.91 Å². The van der Waals surface area contributed by atoms with Crippen LogP contribution in [0.15, 0.2) is 49.2 Å². The Morgan fingerprint density at radius 2 is 1.90 bits per heavy atom. The van der Waals surface area contributed by atoms with Crippen LogP contribution in [0, 0.1) is 20.8 Å². The average molecular weight is 414 g/mol. The van der Waals surface area contributed by atoms with Crippen LogP contribution < -0.4 is 5.32 Å². The van der Waals surface area contributed by atoms with E-state index >= 15 is 0 Å². The molecule has 2 aromatic carbocycles. The molecule has 0 atom stereocenters. The lowest BCUT2D eigenvalue weighted by Gasteiger charge is -2.12. The molecule has 0 spiro atoms. The molecule has 158 valence electrons. The third-order valence-electron chi connectivity index (χ3n) is 5.65. The number of anilines is 1.